The molecule has 0 unspecified atom stereocenters. The number of benzene rings is 2. The molecule has 2 aromatic carbocycles. The van der Waals surface area contributed by atoms with Crippen LogP contribution in [0.5, 0.6) is 5.75 Å². The number of aryl methyl sites for hydroxylation is 1. The van der Waals surface area contributed by atoms with Gasteiger partial charge in [-0.05, 0) is 42.3 Å². The smallest absolute Gasteiger partial charge is 0.195 e. The molecule has 0 fully saturated rings. The van der Waals surface area contributed by atoms with Gasteiger partial charge in [0.1, 0.15) is 5.75 Å². The van der Waals surface area contributed by atoms with Crippen LogP contribution in [-0.2, 0) is 6.42 Å². The second kappa shape index (κ2) is 8.28. The highest BCUT2D eigenvalue weighted by Crippen LogP contribution is 2.45. The molecule has 1 aliphatic carbocycles. The number of fused-ring (bicyclic) bond motifs is 1. The number of allylic oxidation sites excluding steroid dienone is 1. The maximum atomic E-state index is 13.5. The number of thiazole rings is 1. The van der Waals surface area contributed by atoms with Crippen molar-refractivity contribution in [1.29, 1.82) is 0 Å². The van der Waals surface area contributed by atoms with Gasteiger partial charge >= 0.3 is 0 Å². The number of pyridine rings is 1. The number of aromatic nitrogens is 2. The van der Waals surface area contributed by atoms with Crippen molar-refractivity contribution in [3.63, 3.8) is 0 Å². The highest BCUT2D eigenvalue weighted by Gasteiger charge is 2.33. The average molecular weight is 425 g/mol. The number of hydrogen-bond acceptors (Lipinski definition) is 5. The number of rotatable bonds is 6. The molecule has 5 heteroatoms. The van der Waals surface area contributed by atoms with Crippen molar-refractivity contribution in [2.45, 2.75) is 13.3 Å². The van der Waals surface area contributed by atoms with Gasteiger partial charge in [0.2, 0.25) is 0 Å². The highest BCUT2D eigenvalue weighted by atomic mass is 32.1. The van der Waals surface area contributed by atoms with Crippen LogP contribution in [0.1, 0.15) is 37.6 Å². The molecule has 0 radical (unpaired) electrons. The van der Waals surface area contributed by atoms with Crippen LogP contribution in [0.4, 0.5) is 0 Å². The van der Waals surface area contributed by atoms with Crippen molar-refractivity contribution >= 4 is 28.3 Å². The van der Waals surface area contributed by atoms with Gasteiger partial charge in [0.25, 0.3) is 0 Å². The number of ether oxygens (including phenoxy) is 1. The zero-order valence-electron chi connectivity index (χ0n) is 17.0. The van der Waals surface area contributed by atoms with Gasteiger partial charge in [-0.1, -0.05) is 36.4 Å². The Morgan fingerprint density at radius 1 is 0.968 bits per heavy atom. The van der Waals surface area contributed by atoms with E-state index >= 15 is 0 Å². The maximum absolute atomic E-state index is 13.5. The van der Waals surface area contributed by atoms with Crippen LogP contribution in [0.15, 0.2) is 78.6 Å². The zero-order valence-corrected chi connectivity index (χ0v) is 17.9. The zero-order chi connectivity index (χ0) is 21.2. The molecule has 0 bridgehead atoms. The summed E-state index contributed by atoms with van der Waals surface area (Å²) in [6.45, 7) is 2.53. The van der Waals surface area contributed by atoms with Gasteiger partial charge in [-0.2, -0.15) is 0 Å². The van der Waals surface area contributed by atoms with Gasteiger partial charge in [-0.25, -0.2) is 4.98 Å². The third-order valence-corrected chi connectivity index (χ3v) is 6.35. The maximum Gasteiger partial charge on any atom is 0.195 e. The molecule has 4 nitrogen and oxygen atoms in total. The first kappa shape index (κ1) is 19.4. The molecule has 31 heavy (non-hydrogen) atoms. The van der Waals surface area contributed by atoms with E-state index in [1.54, 1.807) is 23.7 Å². The molecule has 152 valence electrons. The molecule has 1 aliphatic rings. The summed E-state index contributed by atoms with van der Waals surface area (Å²) in [5, 5.41) is 0. The van der Waals surface area contributed by atoms with Crippen LogP contribution in [-0.4, -0.2) is 22.4 Å². The second-order valence-electron chi connectivity index (χ2n) is 7.38. The van der Waals surface area contributed by atoms with Crippen LogP contribution >= 0.6 is 11.3 Å². The first-order valence-electron chi connectivity index (χ1n) is 10.1. The summed E-state index contributed by atoms with van der Waals surface area (Å²) in [6, 6.07) is 19.8. The predicted octanol–water partition coefficient (Wildman–Crippen LogP) is 5.62. The van der Waals surface area contributed by atoms with Crippen LogP contribution in [0.2, 0.25) is 0 Å². The van der Waals surface area contributed by atoms with Crippen LogP contribution < -0.4 is 4.74 Å². The van der Waals surface area contributed by atoms with E-state index in [0.717, 1.165) is 33.7 Å². The Bertz CT molecular complexity index is 1280. The number of ketones is 1. The quantitative estimate of drug-likeness (QED) is 0.403. The fraction of sp³-hybridized carbons (Fsp3) is 0.115. The normalized spacial score (nSPS) is 12.9. The molecular formula is C26H20N2O2S. The van der Waals surface area contributed by atoms with Crippen molar-refractivity contribution in [2.24, 2.45) is 0 Å². The van der Waals surface area contributed by atoms with E-state index in [1.165, 1.54) is 5.56 Å². The summed E-state index contributed by atoms with van der Waals surface area (Å²) in [5.74, 6) is 0.704. The number of Topliss-reactive ketones (excluding diaryl/α,β-unsaturated/α-hetero) is 1. The Labute approximate surface area is 184 Å². The first-order valence-corrected chi connectivity index (χ1v) is 11.0. The molecule has 4 aromatic rings. The monoisotopic (exact) mass is 424 g/mol. The van der Waals surface area contributed by atoms with Gasteiger partial charge in [0, 0.05) is 41.1 Å². The Hall–Kier alpha value is -3.57. The minimum Gasteiger partial charge on any atom is -0.493 e. The van der Waals surface area contributed by atoms with Crippen molar-refractivity contribution in [2.75, 3.05) is 6.61 Å². The van der Waals surface area contributed by atoms with Gasteiger partial charge in [-0.15, -0.1) is 11.3 Å². The Balaban J connectivity index is 1.49. The van der Waals surface area contributed by atoms with E-state index < -0.39 is 0 Å². The first-order chi connectivity index (χ1) is 15.2. The number of nitrogens with zero attached hydrogens (tertiary/aromatic N) is 2. The molecule has 5 rings (SSSR count). The summed E-state index contributed by atoms with van der Waals surface area (Å²) in [6.07, 6.45) is 4.27. The summed E-state index contributed by atoms with van der Waals surface area (Å²) >= 11 is 1.55. The molecule has 2 aromatic heterocycles. The van der Waals surface area contributed by atoms with E-state index in [2.05, 4.69) is 22.1 Å². The van der Waals surface area contributed by atoms with Crippen molar-refractivity contribution < 1.29 is 9.53 Å². The SMILES string of the molecule is Cc1ncsc1C1=C(c2cccnc2)C(=O)c2cc(OCCc3ccccc3)ccc21. The summed E-state index contributed by atoms with van der Waals surface area (Å²) < 4.78 is 5.98. The molecule has 2 heterocycles. The molecule has 0 atom stereocenters. The van der Waals surface area contributed by atoms with Gasteiger partial charge in [-0.3, -0.25) is 9.78 Å². The molecule has 0 spiro atoms. The standard InChI is InChI=1S/C26H20N2O2S/c1-17-26(31-16-28-17)24-21-10-9-20(30-13-11-18-6-3-2-4-7-18)14-22(21)25(29)23(24)19-8-5-12-27-15-19/h2-10,12,14-16H,11,13H2,1H3. The molecule has 0 aliphatic heterocycles. The largest absolute Gasteiger partial charge is 0.493 e. The lowest BCUT2D eigenvalue weighted by Gasteiger charge is -2.09. The minimum atomic E-state index is -0.000639. The predicted molar refractivity (Wildman–Crippen MR) is 123 cm³/mol. The fourth-order valence-corrected chi connectivity index (χ4v) is 4.77. The number of hydrogen-bond donors (Lipinski definition) is 0. The Kier molecular flexibility index (Phi) is 5.18. The summed E-state index contributed by atoms with van der Waals surface area (Å²) in [5.41, 5.74) is 7.99. The molecule has 0 saturated carbocycles. The summed E-state index contributed by atoms with van der Waals surface area (Å²) in [4.78, 5) is 23.2. The third-order valence-electron chi connectivity index (χ3n) is 5.41. The lowest BCUT2D eigenvalue weighted by molar-refractivity contribution is 0.105. The van der Waals surface area contributed by atoms with Crippen molar-refractivity contribution in [3.05, 3.63) is 111 Å². The van der Waals surface area contributed by atoms with E-state index in [4.69, 9.17) is 4.74 Å². The minimum absolute atomic E-state index is 0.000639. The van der Waals surface area contributed by atoms with Gasteiger partial charge in [0.15, 0.2) is 5.78 Å². The molecular weight excluding hydrogens is 404 g/mol. The lowest BCUT2D eigenvalue weighted by atomic mass is 9.99. The van der Waals surface area contributed by atoms with E-state index in [9.17, 15) is 4.79 Å². The molecule has 0 N–H and O–H groups in total. The lowest BCUT2D eigenvalue weighted by Crippen LogP contribution is -2.03. The van der Waals surface area contributed by atoms with E-state index in [0.29, 0.717) is 23.5 Å². The van der Waals surface area contributed by atoms with Gasteiger partial charge in [0.05, 0.1) is 22.7 Å². The summed E-state index contributed by atoms with van der Waals surface area (Å²) in [7, 11) is 0. The van der Waals surface area contributed by atoms with Gasteiger partial charge < -0.3 is 4.74 Å². The van der Waals surface area contributed by atoms with Crippen LogP contribution in [0.3, 0.4) is 0 Å². The fourth-order valence-electron chi connectivity index (χ4n) is 3.90. The topological polar surface area (TPSA) is 52.1 Å². The van der Waals surface area contributed by atoms with E-state index in [-0.39, 0.29) is 5.78 Å². The number of carbonyl (C=O) groups excluding carboxylic acids is 1. The molecule has 0 amide bonds. The average Bonchev–Trinajstić information content (AvgIpc) is 3.35. The van der Waals surface area contributed by atoms with E-state index in [1.807, 2.05) is 61.0 Å². The number of carbonyl (C=O) groups is 1. The van der Waals surface area contributed by atoms with Crippen LogP contribution in [0.25, 0.3) is 11.1 Å². The highest BCUT2D eigenvalue weighted by molar-refractivity contribution is 7.11. The van der Waals surface area contributed by atoms with Crippen molar-refractivity contribution in [3.8, 4) is 5.75 Å². The van der Waals surface area contributed by atoms with Crippen LogP contribution in [0, 0.1) is 6.92 Å². The Morgan fingerprint density at radius 2 is 1.84 bits per heavy atom. The Morgan fingerprint density at radius 3 is 2.58 bits per heavy atom. The van der Waals surface area contributed by atoms with Crippen molar-refractivity contribution in [1.82, 2.24) is 9.97 Å². The second-order valence-corrected chi connectivity index (χ2v) is 8.23. The third kappa shape index (κ3) is 3.68. The molecule has 0 saturated heterocycles.